The number of piperidine rings is 1. The lowest BCUT2D eigenvalue weighted by Crippen LogP contribution is -2.53. The van der Waals surface area contributed by atoms with E-state index in [1.165, 1.54) is 4.31 Å². The number of amides is 1. The lowest BCUT2D eigenvalue weighted by molar-refractivity contribution is -0.126. The van der Waals surface area contributed by atoms with Gasteiger partial charge in [-0.1, -0.05) is 6.42 Å². The molecule has 2 atom stereocenters. The number of nitrogens with zero attached hydrogens (tertiary/aromatic N) is 1. The number of sulfonamides is 1. The van der Waals surface area contributed by atoms with Crippen LogP contribution < -0.4 is 5.32 Å². The Morgan fingerprint density at radius 1 is 1.52 bits per heavy atom. The molecule has 1 aliphatic heterocycles. The van der Waals surface area contributed by atoms with Gasteiger partial charge in [0, 0.05) is 19.0 Å². The van der Waals surface area contributed by atoms with Gasteiger partial charge in [0.05, 0.1) is 12.5 Å². The molecule has 0 spiro atoms. The summed E-state index contributed by atoms with van der Waals surface area (Å²) in [6, 6.07) is 2.96. The van der Waals surface area contributed by atoms with Crippen molar-refractivity contribution >= 4 is 15.9 Å². The fourth-order valence-electron chi connectivity index (χ4n) is 2.68. The molecule has 118 valence electrons. The summed E-state index contributed by atoms with van der Waals surface area (Å²) in [4.78, 5) is 12.3. The number of furan rings is 1. The van der Waals surface area contributed by atoms with Crippen LogP contribution in [0.5, 0.6) is 0 Å². The van der Waals surface area contributed by atoms with Gasteiger partial charge in [-0.05, 0) is 31.9 Å². The first-order valence-electron chi connectivity index (χ1n) is 7.17. The Morgan fingerprint density at radius 3 is 2.90 bits per heavy atom. The van der Waals surface area contributed by atoms with Crippen molar-refractivity contribution in [3.63, 3.8) is 0 Å². The minimum atomic E-state index is -3.35. The quantitative estimate of drug-likeness (QED) is 0.884. The van der Waals surface area contributed by atoms with E-state index < -0.39 is 16.1 Å². The van der Waals surface area contributed by atoms with Gasteiger partial charge in [-0.25, -0.2) is 8.42 Å². The highest BCUT2D eigenvalue weighted by Crippen LogP contribution is 2.20. The van der Waals surface area contributed by atoms with Gasteiger partial charge in [0.25, 0.3) is 0 Å². The topological polar surface area (TPSA) is 79.6 Å². The Kier molecular flexibility index (Phi) is 5.05. The minimum absolute atomic E-state index is 0.105. The van der Waals surface area contributed by atoms with E-state index in [9.17, 15) is 13.2 Å². The fraction of sp³-hybridized carbons (Fsp3) is 0.643. The van der Waals surface area contributed by atoms with Gasteiger partial charge in [-0.2, -0.15) is 4.31 Å². The molecule has 2 heterocycles. The molecule has 1 N–H and O–H groups in total. The maximum Gasteiger partial charge on any atom is 0.238 e. The van der Waals surface area contributed by atoms with Crippen molar-refractivity contribution in [1.29, 1.82) is 0 Å². The van der Waals surface area contributed by atoms with E-state index in [2.05, 4.69) is 5.32 Å². The smallest absolute Gasteiger partial charge is 0.238 e. The zero-order chi connectivity index (χ0) is 15.5. The molecule has 2 rings (SSSR count). The molecule has 0 saturated carbocycles. The Morgan fingerprint density at radius 2 is 2.29 bits per heavy atom. The highest BCUT2D eigenvalue weighted by Gasteiger charge is 2.34. The summed E-state index contributed by atoms with van der Waals surface area (Å²) in [5.41, 5.74) is 0. The normalized spacial score (nSPS) is 21.9. The van der Waals surface area contributed by atoms with Gasteiger partial charge in [-0.15, -0.1) is 0 Å². The zero-order valence-electron chi connectivity index (χ0n) is 12.4. The van der Waals surface area contributed by atoms with Crippen LogP contribution in [-0.2, 0) is 21.2 Å². The number of rotatable bonds is 5. The number of carbonyl (C=O) groups is 1. The van der Waals surface area contributed by atoms with Crippen LogP contribution in [0.4, 0.5) is 0 Å². The Balaban J connectivity index is 1.97. The van der Waals surface area contributed by atoms with E-state index in [0.717, 1.165) is 24.9 Å². The van der Waals surface area contributed by atoms with Gasteiger partial charge >= 0.3 is 0 Å². The molecule has 1 saturated heterocycles. The number of hydrogen-bond donors (Lipinski definition) is 1. The number of carbonyl (C=O) groups excluding carboxylic acids is 1. The van der Waals surface area contributed by atoms with E-state index in [1.807, 2.05) is 13.0 Å². The molecule has 7 heteroatoms. The average molecular weight is 314 g/mol. The predicted molar refractivity (Wildman–Crippen MR) is 79.2 cm³/mol. The molecule has 0 radical (unpaired) electrons. The van der Waals surface area contributed by atoms with Crippen LogP contribution in [-0.4, -0.2) is 43.5 Å². The monoisotopic (exact) mass is 314 g/mol. The third kappa shape index (κ3) is 4.31. The molecule has 1 aromatic rings. The second-order valence-corrected chi connectivity index (χ2v) is 7.51. The van der Waals surface area contributed by atoms with Gasteiger partial charge in [0.15, 0.2) is 0 Å². The summed E-state index contributed by atoms with van der Waals surface area (Å²) >= 11 is 0. The third-order valence-electron chi connectivity index (χ3n) is 3.66. The maximum atomic E-state index is 12.3. The fourth-order valence-corrected chi connectivity index (χ4v) is 3.81. The molecule has 0 aliphatic carbocycles. The molecule has 1 fully saturated rings. The summed E-state index contributed by atoms with van der Waals surface area (Å²) in [5, 5.41) is 2.88. The Labute approximate surface area is 125 Å². The van der Waals surface area contributed by atoms with Crippen LogP contribution in [0.25, 0.3) is 0 Å². The molecule has 1 aliphatic rings. The second-order valence-electron chi connectivity index (χ2n) is 5.58. The maximum absolute atomic E-state index is 12.3. The Bertz CT molecular complexity index is 568. The largest absolute Gasteiger partial charge is 0.469 e. The van der Waals surface area contributed by atoms with Gasteiger partial charge < -0.3 is 9.73 Å². The van der Waals surface area contributed by atoms with Crippen molar-refractivity contribution in [1.82, 2.24) is 9.62 Å². The van der Waals surface area contributed by atoms with Crippen LogP contribution in [0.3, 0.4) is 0 Å². The lowest BCUT2D eigenvalue weighted by Gasteiger charge is -2.33. The van der Waals surface area contributed by atoms with Crippen LogP contribution in [0.1, 0.15) is 31.9 Å². The highest BCUT2D eigenvalue weighted by molar-refractivity contribution is 7.88. The van der Waals surface area contributed by atoms with Gasteiger partial charge in [-0.3, -0.25) is 4.79 Å². The van der Waals surface area contributed by atoms with Gasteiger partial charge in [0.1, 0.15) is 11.8 Å². The molecular weight excluding hydrogens is 292 g/mol. The van der Waals surface area contributed by atoms with Crippen molar-refractivity contribution in [2.24, 2.45) is 0 Å². The average Bonchev–Trinajstić information content (AvgIpc) is 2.90. The number of nitrogens with one attached hydrogen (secondary N) is 1. The molecule has 0 unspecified atom stereocenters. The van der Waals surface area contributed by atoms with Crippen molar-refractivity contribution in [3.05, 3.63) is 24.2 Å². The summed E-state index contributed by atoms with van der Waals surface area (Å²) in [6.07, 6.45) is 5.59. The van der Waals surface area contributed by atoms with E-state index in [1.54, 1.807) is 12.3 Å². The lowest BCUT2D eigenvalue weighted by atomic mass is 10.0. The molecule has 21 heavy (non-hydrogen) atoms. The molecule has 1 amide bonds. The third-order valence-corrected chi connectivity index (χ3v) is 4.95. The molecule has 0 bridgehead atoms. The standard InChI is InChI=1S/C14H22N2O4S/c1-11(10-12-6-5-9-20-12)15-14(17)13-7-3-4-8-16(13)21(2,18)19/h5-6,9,11,13H,3-4,7-8,10H2,1-2H3,(H,15,17)/t11-,13-/m1/s1. The van der Waals surface area contributed by atoms with E-state index in [0.29, 0.717) is 19.4 Å². The molecule has 6 nitrogen and oxygen atoms in total. The molecule has 0 aromatic carbocycles. The van der Waals surface area contributed by atoms with Crippen LogP contribution in [0, 0.1) is 0 Å². The van der Waals surface area contributed by atoms with Gasteiger partial charge in [0.2, 0.25) is 15.9 Å². The SMILES string of the molecule is C[C@H](Cc1ccco1)NC(=O)[C@H]1CCCCN1S(C)(=O)=O. The molecular formula is C14H22N2O4S. The predicted octanol–water partition coefficient (Wildman–Crippen LogP) is 1.14. The number of hydrogen-bond acceptors (Lipinski definition) is 4. The van der Waals surface area contributed by atoms with Crippen molar-refractivity contribution in [2.75, 3.05) is 12.8 Å². The van der Waals surface area contributed by atoms with Crippen LogP contribution in [0.15, 0.2) is 22.8 Å². The van der Waals surface area contributed by atoms with E-state index in [4.69, 9.17) is 4.42 Å². The van der Waals surface area contributed by atoms with E-state index in [-0.39, 0.29) is 11.9 Å². The van der Waals surface area contributed by atoms with Crippen LogP contribution in [0.2, 0.25) is 0 Å². The first-order chi connectivity index (χ1) is 9.88. The van der Waals surface area contributed by atoms with E-state index >= 15 is 0 Å². The summed E-state index contributed by atoms with van der Waals surface area (Å²) in [6.45, 7) is 2.30. The van der Waals surface area contributed by atoms with Crippen molar-refractivity contribution < 1.29 is 17.6 Å². The highest BCUT2D eigenvalue weighted by atomic mass is 32.2. The first kappa shape index (κ1) is 16.0. The molecule has 1 aromatic heterocycles. The van der Waals surface area contributed by atoms with Crippen molar-refractivity contribution in [3.8, 4) is 0 Å². The summed E-state index contributed by atoms with van der Waals surface area (Å²) in [7, 11) is -3.35. The van der Waals surface area contributed by atoms with Crippen LogP contribution >= 0.6 is 0 Å². The first-order valence-corrected chi connectivity index (χ1v) is 9.02. The second kappa shape index (κ2) is 6.62. The zero-order valence-corrected chi connectivity index (χ0v) is 13.2. The minimum Gasteiger partial charge on any atom is -0.469 e. The summed E-state index contributed by atoms with van der Waals surface area (Å²) in [5.74, 6) is 0.575. The summed E-state index contributed by atoms with van der Waals surface area (Å²) < 4.78 is 30.1. The van der Waals surface area contributed by atoms with Crippen molar-refractivity contribution in [2.45, 2.75) is 44.7 Å². The Hall–Kier alpha value is -1.34.